The Morgan fingerprint density at radius 3 is 2.63 bits per heavy atom. The quantitative estimate of drug-likeness (QED) is 0.874. The molecule has 0 aliphatic carbocycles. The van der Waals surface area contributed by atoms with Gasteiger partial charge >= 0.3 is 5.97 Å². The first-order valence-corrected chi connectivity index (χ1v) is 6.97. The van der Waals surface area contributed by atoms with Gasteiger partial charge in [-0.3, -0.25) is 4.98 Å². The van der Waals surface area contributed by atoms with Crippen LogP contribution in [-0.4, -0.2) is 20.3 Å². The molecular formula is C14H11NO2S2. The zero-order valence-electron chi connectivity index (χ0n) is 9.95. The van der Waals surface area contributed by atoms with Crippen LogP contribution >= 0.6 is 24.0 Å². The van der Waals surface area contributed by atoms with Crippen LogP contribution in [-0.2, 0) is 5.75 Å². The van der Waals surface area contributed by atoms with Crippen LogP contribution in [0.15, 0.2) is 48.7 Å². The molecule has 0 amide bonds. The molecule has 1 aromatic heterocycles. The molecule has 2 rings (SSSR count). The monoisotopic (exact) mass is 289 g/mol. The summed E-state index contributed by atoms with van der Waals surface area (Å²) in [6.45, 7) is 0. The van der Waals surface area contributed by atoms with Crippen molar-refractivity contribution in [1.29, 1.82) is 0 Å². The Bertz CT molecular complexity index is 599. The number of hydrogen-bond donors (Lipinski definition) is 1. The van der Waals surface area contributed by atoms with Crippen LogP contribution in [0, 0.1) is 0 Å². The van der Waals surface area contributed by atoms with Crippen molar-refractivity contribution in [2.24, 2.45) is 0 Å². The highest BCUT2D eigenvalue weighted by Crippen LogP contribution is 2.20. The molecule has 0 unspecified atom stereocenters. The molecule has 96 valence electrons. The van der Waals surface area contributed by atoms with Gasteiger partial charge in [-0.25, -0.2) is 4.79 Å². The summed E-state index contributed by atoms with van der Waals surface area (Å²) in [5.41, 5.74) is 1.83. The highest BCUT2D eigenvalue weighted by Gasteiger charge is 2.10. The van der Waals surface area contributed by atoms with Gasteiger partial charge in [0.05, 0.1) is 15.5 Å². The smallest absolute Gasteiger partial charge is 0.335 e. The van der Waals surface area contributed by atoms with E-state index >= 15 is 0 Å². The first-order valence-electron chi connectivity index (χ1n) is 5.58. The van der Waals surface area contributed by atoms with Gasteiger partial charge in [-0.15, -0.1) is 11.8 Å². The lowest BCUT2D eigenvalue weighted by atomic mass is 10.1. The number of carboxylic acids is 1. The Balaban J connectivity index is 2.07. The zero-order valence-corrected chi connectivity index (χ0v) is 11.6. The Hall–Kier alpha value is -1.72. The largest absolute Gasteiger partial charge is 0.478 e. The maximum Gasteiger partial charge on any atom is 0.335 e. The Kier molecular flexibility index (Phi) is 4.65. The first-order chi connectivity index (χ1) is 9.18. The second-order valence-corrected chi connectivity index (χ2v) is 5.41. The molecule has 0 spiro atoms. The summed E-state index contributed by atoms with van der Waals surface area (Å²) >= 11 is 6.70. The maximum atomic E-state index is 11.1. The molecule has 1 aromatic carbocycles. The molecule has 1 heterocycles. The molecule has 0 fully saturated rings. The van der Waals surface area contributed by atoms with Crippen molar-refractivity contribution in [3.05, 3.63) is 65.5 Å². The Morgan fingerprint density at radius 2 is 1.95 bits per heavy atom. The van der Waals surface area contributed by atoms with Gasteiger partial charge in [0, 0.05) is 11.9 Å². The summed E-state index contributed by atoms with van der Waals surface area (Å²) in [5.74, 6) is -0.391. The molecule has 0 saturated carbocycles. The number of rotatable bonds is 4. The van der Waals surface area contributed by atoms with Crippen LogP contribution in [0.2, 0.25) is 0 Å². The molecule has 0 saturated heterocycles. The molecule has 0 atom stereocenters. The van der Waals surface area contributed by atoms with Gasteiger partial charge in [0.25, 0.3) is 0 Å². The minimum Gasteiger partial charge on any atom is -0.478 e. The third-order valence-corrected chi connectivity index (χ3v) is 3.97. The van der Waals surface area contributed by atoms with E-state index in [1.54, 1.807) is 24.4 Å². The third kappa shape index (κ3) is 3.62. The van der Waals surface area contributed by atoms with Crippen molar-refractivity contribution in [3.8, 4) is 0 Å². The molecular weight excluding hydrogens is 278 g/mol. The molecule has 0 aliphatic rings. The van der Waals surface area contributed by atoms with Gasteiger partial charge < -0.3 is 5.11 Å². The van der Waals surface area contributed by atoms with Crippen molar-refractivity contribution in [1.82, 2.24) is 4.98 Å². The van der Waals surface area contributed by atoms with Crippen molar-refractivity contribution < 1.29 is 9.90 Å². The summed E-state index contributed by atoms with van der Waals surface area (Å²) in [5, 5.41) is 9.09. The fraction of sp³-hybridized carbons (Fsp3) is 0.0714. The minimum absolute atomic E-state index is 0.318. The van der Waals surface area contributed by atoms with Crippen molar-refractivity contribution >= 4 is 34.1 Å². The highest BCUT2D eigenvalue weighted by atomic mass is 32.2. The lowest BCUT2D eigenvalue weighted by Gasteiger charge is -2.06. The molecule has 1 N–H and O–H groups in total. The maximum absolute atomic E-state index is 11.1. The summed E-state index contributed by atoms with van der Waals surface area (Å²) in [7, 11) is 0. The van der Waals surface area contributed by atoms with Gasteiger partial charge in [-0.05, 0) is 23.8 Å². The van der Waals surface area contributed by atoms with Crippen LogP contribution in [0.4, 0.5) is 0 Å². The second-order valence-electron chi connectivity index (χ2n) is 3.75. The molecule has 0 bridgehead atoms. The predicted molar refractivity (Wildman–Crippen MR) is 80.6 cm³/mol. The predicted octanol–water partition coefficient (Wildman–Crippen LogP) is 3.39. The number of benzene rings is 1. The Labute approximate surface area is 120 Å². The van der Waals surface area contributed by atoms with Gasteiger partial charge in [-0.1, -0.05) is 36.5 Å². The summed E-state index contributed by atoms with van der Waals surface area (Å²) in [6, 6.07) is 12.5. The van der Waals surface area contributed by atoms with E-state index in [1.165, 1.54) is 11.8 Å². The van der Waals surface area contributed by atoms with Gasteiger partial charge in [0.2, 0.25) is 0 Å². The SMILES string of the molecule is O=C(O)c1ccccc1CSC(=S)c1ccccn1. The summed E-state index contributed by atoms with van der Waals surface area (Å²) in [6.07, 6.45) is 1.69. The molecule has 5 heteroatoms. The molecule has 0 aliphatic heterocycles. The van der Waals surface area contributed by atoms with Crippen molar-refractivity contribution in [2.75, 3.05) is 0 Å². The number of aromatic carboxylic acids is 1. The topological polar surface area (TPSA) is 50.2 Å². The van der Waals surface area contributed by atoms with E-state index in [0.717, 1.165) is 11.3 Å². The lowest BCUT2D eigenvalue weighted by molar-refractivity contribution is 0.0696. The van der Waals surface area contributed by atoms with E-state index in [2.05, 4.69) is 4.98 Å². The van der Waals surface area contributed by atoms with Gasteiger partial charge in [0.1, 0.15) is 0 Å². The van der Waals surface area contributed by atoms with E-state index in [9.17, 15) is 4.79 Å². The van der Waals surface area contributed by atoms with Crippen molar-refractivity contribution in [2.45, 2.75) is 5.75 Å². The Morgan fingerprint density at radius 1 is 1.21 bits per heavy atom. The average molecular weight is 289 g/mol. The van der Waals surface area contributed by atoms with E-state index in [4.69, 9.17) is 17.3 Å². The normalized spacial score (nSPS) is 10.1. The number of thioether (sulfide) groups is 1. The van der Waals surface area contributed by atoms with Crippen LogP contribution in [0.25, 0.3) is 0 Å². The van der Waals surface area contributed by atoms with E-state index in [1.807, 2.05) is 24.3 Å². The van der Waals surface area contributed by atoms with Gasteiger partial charge in [0.15, 0.2) is 0 Å². The van der Waals surface area contributed by atoms with E-state index in [-0.39, 0.29) is 0 Å². The van der Waals surface area contributed by atoms with Crippen molar-refractivity contribution in [3.63, 3.8) is 0 Å². The fourth-order valence-corrected chi connectivity index (χ4v) is 2.66. The zero-order chi connectivity index (χ0) is 13.7. The van der Waals surface area contributed by atoms with E-state index in [0.29, 0.717) is 15.5 Å². The number of aromatic nitrogens is 1. The number of nitrogens with zero attached hydrogens (tertiary/aromatic N) is 1. The molecule has 3 nitrogen and oxygen atoms in total. The second kappa shape index (κ2) is 6.45. The third-order valence-electron chi connectivity index (χ3n) is 2.48. The standard InChI is InChI=1S/C14H11NO2S2/c16-13(17)11-6-2-1-5-10(11)9-19-14(18)12-7-3-4-8-15-12/h1-8H,9H2,(H,16,17). The van der Waals surface area contributed by atoms with E-state index < -0.39 is 5.97 Å². The van der Waals surface area contributed by atoms with Gasteiger partial charge in [-0.2, -0.15) is 0 Å². The summed E-state index contributed by atoms with van der Waals surface area (Å²) in [4.78, 5) is 15.3. The average Bonchev–Trinajstić information content (AvgIpc) is 2.46. The number of pyridine rings is 1. The highest BCUT2D eigenvalue weighted by molar-refractivity contribution is 8.23. The lowest BCUT2D eigenvalue weighted by Crippen LogP contribution is -2.02. The van der Waals surface area contributed by atoms with Crippen LogP contribution < -0.4 is 0 Å². The number of thiocarbonyl (C=S) groups is 1. The van der Waals surface area contributed by atoms with Crippen LogP contribution in [0.1, 0.15) is 21.6 Å². The molecule has 0 radical (unpaired) electrons. The number of carboxylic acid groups (broad SMARTS) is 1. The van der Waals surface area contributed by atoms with Crippen LogP contribution in [0.3, 0.4) is 0 Å². The van der Waals surface area contributed by atoms with Crippen LogP contribution in [0.5, 0.6) is 0 Å². The number of hydrogen-bond acceptors (Lipinski definition) is 4. The number of carbonyl (C=O) groups is 1. The fourth-order valence-electron chi connectivity index (χ4n) is 1.56. The molecule has 2 aromatic rings. The first kappa shape index (κ1) is 13.7. The minimum atomic E-state index is -0.917. The summed E-state index contributed by atoms with van der Waals surface area (Å²) < 4.78 is 0.667. The molecule has 19 heavy (non-hydrogen) atoms.